The van der Waals surface area contributed by atoms with Gasteiger partial charge >= 0.3 is 6.03 Å². The van der Waals surface area contributed by atoms with Crippen molar-refractivity contribution in [2.24, 2.45) is 0 Å². The molecular weight excluding hydrogens is 392 g/mol. The lowest BCUT2D eigenvalue weighted by atomic mass is 10.1. The minimum atomic E-state index is -4.13. The fourth-order valence-corrected chi connectivity index (χ4v) is 5.03. The van der Waals surface area contributed by atoms with Crippen LogP contribution in [0.15, 0.2) is 29.2 Å². The van der Waals surface area contributed by atoms with Crippen LogP contribution >= 0.6 is 0 Å². The summed E-state index contributed by atoms with van der Waals surface area (Å²) in [5.41, 5.74) is 0.924. The number of sulfonamides is 1. The van der Waals surface area contributed by atoms with Crippen molar-refractivity contribution in [1.82, 2.24) is 14.1 Å². The molecule has 0 saturated carbocycles. The molecule has 29 heavy (non-hydrogen) atoms. The van der Waals surface area contributed by atoms with Crippen molar-refractivity contribution in [3.63, 3.8) is 0 Å². The molecule has 0 aliphatic carbocycles. The van der Waals surface area contributed by atoms with Crippen LogP contribution in [0.25, 0.3) is 0 Å². The number of rotatable bonds is 4. The van der Waals surface area contributed by atoms with Crippen molar-refractivity contribution in [2.75, 3.05) is 52.9 Å². The molecule has 1 aromatic rings. The molecule has 2 aliphatic heterocycles. The highest BCUT2D eigenvalue weighted by Crippen LogP contribution is 2.19. The van der Waals surface area contributed by atoms with Crippen molar-refractivity contribution < 1.29 is 22.9 Å². The smallest absolute Gasteiger partial charge is 0.334 e. The number of benzene rings is 1. The maximum atomic E-state index is 13.3. The maximum Gasteiger partial charge on any atom is 0.334 e. The van der Waals surface area contributed by atoms with Crippen molar-refractivity contribution >= 4 is 22.0 Å². The molecule has 0 bridgehead atoms. The molecule has 8 nitrogen and oxygen atoms in total. The normalized spacial score (nSPS) is 18.6. The topological polar surface area (TPSA) is 82.4 Å². The molecule has 1 N–H and O–H groups in total. The molecular formula is C20H31N4O4S+. The number of aryl methyl sites for hydroxylation is 1. The first-order chi connectivity index (χ1) is 13.8. The summed E-state index contributed by atoms with van der Waals surface area (Å²) >= 11 is 0. The van der Waals surface area contributed by atoms with E-state index in [0.29, 0.717) is 26.2 Å². The average Bonchev–Trinajstić information content (AvgIpc) is 2.72. The Hall–Kier alpha value is -2.13. The minimum Gasteiger partial charge on any atom is -0.341 e. The first-order valence-corrected chi connectivity index (χ1v) is 11.7. The van der Waals surface area contributed by atoms with Gasteiger partial charge in [-0.05, 0) is 38.3 Å². The van der Waals surface area contributed by atoms with Crippen LogP contribution < -0.4 is 4.90 Å². The van der Waals surface area contributed by atoms with Crippen LogP contribution in [0, 0.1) is 6.92 Å². The second-order valence-electron chi connectivity index (χ2n) is 7.99. The molecule has 3 amide bonds. The predicted octanol–water partition coefficient (Wildman–Crippen LogP) is -0.0515. The summed E-state index contributed by atoms with van der Waals surface area (Å²) in [5, 5.41) is 0. The molecule has 2 fully saturated rings. The summed E-state index contributed by atoms with van der Waals surface area (Å²) in [4.78, 5) is 30.6. The summed E-state index contributed by atoms with van der Waals surface area (Å²) < 4.78 is 27.4. The highest BCUT2D eigenvalue weighted by atomic mass is 32.2. The van der Waals surface area contributed by atoms with E-state index in [1.165, 1.54) is 17.0 Å². The van der Waals surface area contributed by atoms with E-state index in [1.54, 1.807) is 21.9 Å². The van der Waals surface area contributed by atoms with E-state index in [9.17, 15) is 18.0 Å². The van der Waals surface area contributed by atoms with Gasteiger partial charge in [0.25, 0.3) is 10.0 Å². The Morgan fingerprint density at radius 2 is 1.55 bits per heavy atom. The van der Waals surface area contributed by atoms with Crippen molar-refractivity contribution in [3.8, 4) is 0 Å². The second-order valence-corrected chi connectivity index (χ2v) is 9.86. The summed E-state index contributed by atoms with van der Waals surface area (Å²) in [5.74, 6) is -0.312. The number of amides is 3. The van der Waals surface area contributed by atoms with E-state index >= 15 is 0 Å². The number of nitrogens with one attached hydrogen (secondary N) is 1. The molecule has 160 valence electrons. The molecule has 1 aromatic carbocycles. The van der Waals surface area contributed by atoms with Gasteiger partial charge in [0, 0.05) is 13.1 Å². The lowest BCUT2D eigenvalue weighted by Crippen LogP contribution is -3.12. The standard InChI is InChI=1S/C20H30N4O4S/c1-17-6-8-18(9-7-17)29(27,28)24(16-19(25)22-10-4-3-5-11-22)20(26)23-14-12-21(2)13-15-23/h6-9H,3-5,10-16H2,1-2H3/p+1. The average molecular weight is 424 g/mol. The highest BCUT2D eigenvalue weighted by molar-refractivity contribution is 7.89. The van der Waals surface area contributed by atoms with Gasteiger partial charge in [0.15, 0.2) is 0 Å². The van der Waals surface area contributed by atoms with Gasteiger partial charge < -0.3 is 14.7 Å². The Kier molecular flexibility index (Phi) is 6.79. The molecule has 3 rings (SSSR count). The quantitative estimate of drug-likeness (QED) is 0.736. The molecule has 2 heterocycles. The van der Waals surface area contributed by atoms with E-state index in [1.807, 2.05) is 14.0 Å². The summed E-state index contributed by atoms with van der Waals surface area (Å²) in [6, 6.07) is 5.76. The van der Waals surface area contributed by atoms with Gasteiger partial charge in [0.1, 0.15) is 6.54 Å². The molecule has 0 aromatic heterocycles. The van der Waals surface area contributed by atoms with Crippen molar-refractivity contribution in [1.29, 1.82) is 0 Å². The summed E-state index contributed by atoms with van der Waals surface area (Å²) in [6.07, 6.45) is 2.88. The number of carbonyl (C=O) groups is 2. The number of piperazine rings is 1. The monoisotopic (exact) mass is 423 g/mol. The number of quaternary nitrogens is 1. The van der Waals surface area contributed by atoms with Gasteiger partial charge in [0.05, 0.1) is 38.1 Å². The van der Waals surface area contributed by atoms with Gasteiger partial charge in [-0.1, -0.05) is 17.7 Å². The molecule has 0 radical (unpaired) electrons. The number of nitrogens with zero attached hydrogens (tertiary/aromatic N) is 3. The Labute approximate surface area is 173 Å². The highest BCUT2D eigenvalue weighted by Gasteiger charge is 2.36. The van der Waals surface area contributed by atoms with E-state index in [4.69, 9.17) is 0 Å². The molecule has 2 saturated heterocycles. The maximum absolute atomic E-state index is 13.3. The third-order valence-electron chi connectivity index (χ3n) is 5.70. The van der Waals surface area contributed by atoms with E-state index < -0.39 is 22.6 Å². The molecule has 0 spiro atoms. The predicted molar refractivity (Wildman–Crippen MR) is 109 cm³/mol. The molecule has 0 atom stereocenters. The summed E-state index contributed by atoms with van der Waals surface area (Å²) in [7, 11) is -2.08. The minimum absolute atomic E-state index is 0.0302. The third kappa shape index (κ3) is 5.08. The van der Waals surface area contributed by atoms with Gasteiger partial charge in [0.2, 0.25) is 5.91 Å². The SMILES string of the molecule is Cc1ccc(S(=O)(=O)N(CC(=O)N2CCCCC2)C(=O)N2CC[NH+](C)CC2)cc1. The van der Waals surface area contributed by atoms with Crippen molar-refractivity contribution in [2.45, 2.75) is 31.1 Å². The number of piperidine rings is 1. The zero-order valence-corrected chi connectivity index (χ0v) is 18.1. The lowest BCUT2D eigenvalue weighted by Gasteiger charge is -2.35. The third-order valence-corrected chi connectivity index (χ3v) is 7.43. The van der Waals surface area contributed by atoms with Gasteiger partial charge in [-0.2, -0.15) is 0 Å². The Balaban J connectivity index is 1.86. The van der Waals surface area contributed by atoms with Gasteiger partial charge in [-0.3, -0.25) is 4.79 Å². The molecule has 9 heteroatoms. The second kappa shape index (κ2) is 9.13. The van der Waals surface area contributed by atoms with Gasteiger partial charge in [-0.25, -0.2) is 17.5 Å². The fraction of sp³-hybridized carbons (Fsp3) is 0.600. The first kappa shape index (κ1) is 21.6. The van der Waals surface area contributed by atoms with E-state index in [-0.39, 0.29) is 10.8 Å². The van der Waals surface area contributed by atoms with Crippen LogP contribution in [0.3, 0.4) is 0 Å². The molecule has 0 unspecified atom stereocenters. The Morgan fingerprint density at radius 3 is 2.14 bits per heavy atom. The number of carbonyl (C=O) groups excluding carboxylic acids is 2. The van der Waals surface area contributed by atoms with Crippen LogP contribution in [0.2, 0.25) is 0 Å². The largest absolute Gasteiger partial charge is 0.341 e. The van der Waals surface area contributed by atoms with Crippen LogP contribution in [-0.2, 0) is 14.8 Å². The van der Waals surface area contributed by atoms with Gasteiger partial charge in [-0.15, -0.1) is 0 Å². The first-order valence-electron chi connectivity index (χ1n) is 10.3. The number of urea groups is 1. The zero-order chi connectivity index (χ0) is 21.0. The Morgan fingerprint density at radius 1 is 0.966 bits per heavy atom. The Bertz CT molecular complexity index is 827. The summed E-state index contributed by atoms with van der Waals surface area (Å²) in [6.45, 7) is 5.10. The molecule has 2 aliphatic rings. The number of hydrogen-bond donors (Lipinski definition) is 1. The fourth-order valence-electron chi connectivity index (χ4n) is 3.70. The lowest BCUT2D eigenvalue weighted by molar-refractivity contribution is -0.883. The van der Waals surface area contributed by atoms with Crippen LogP contribution in [0.4, 0.5) is 4.79 Å². The van der Waals surface area contributed by atoms with Crippen LogP contribution in [0.5, 0.6) is 0 Å². The van der Waals surface area contributed by atoms with Crippen molar-refractivity contribution in [3.05, 3.63) is 29.8 Å². The van der Waals surface area contributed by atoms with Crippen LogP contribution in [-0.4, -0.2) is 87.3 Å². The number of likely N-dealkylation sites (N-methyl/N-ethyl adjacent to an activating group) is 1. The number of likely N-dealkylation sites (tertiary alicyclic amines) is 1. The number of hydrogen-bond acceptors (Lipinski definition) is 4. The zero-order valence-electron chi connectivity index (χ0n) is 17.3. The van der Waals surface area contributed by atoms with E-state index in [0.717, 1.165) is 42.2 Å². The van der Waals surface area contributed by atoms with E-state index in [2.05, 4.69) is 0 Å². The van der Waals surface area contributed by atoms with Crippen LogP contribution in [0.1, 0.15) is 24.8 Å².